The van der Waals surface area contributed by atoms with Crippen LogP contribution in [0.4, 0.5) is 0 Å². The van der Waals surface area contributed by atoms with E-state index in [9.17, 15) is 0 Å². The number of nitrogens with zero attached hydrogens (tertiary/aromatic N) is 4. The lowest BCUT2D eigenvalue weighted by Crippen LogP contribution is -2.00. The SMILES string of the molecule is c1ccc(-c2nc(-c3ccc(-c4cccc5c4nc(-c4ccccc4)c4cccc(-c6ccccc6)c45)cc3)nc(-c3ccc(-c4cccc5c4sc4ccccc45)cc3)n2)cc1. The zero-order chi connectivity index (χ0) is 41.7. The maximum atomic E-state index is 5.47. The van der Waals surface area contributed by atoms with E-state index in [2.05, 4.69) is 188 Å². The molecule has 12 rings (SSSR count). The van der Waals surface area contributed by atoms with E-state index < -0.39 is 0 Å². The predicted molar refractivity (Wildman–Crippen MR) is 264 cm³/mol. The first kappa shape index (κ1) is 36.7. The molecule has 0 amide bonds. The molecule has 3 aromatic heterocycles. The molecule has 12 aromatic rings. The zero-order valence-corrected chi connectivity index (χ0v) is 34.8. The summed E-state index contributed by atoms with van der Waals surface area (Å²) < 4.78 is 2.60. The fourth-order valence-electron chi connectivity index (χ4n) is 8.91. The maximum Gasteiger partial charge on any atom is 0.164 e. The summed E-state index contributed by atoms with van der Waals surface area (Å²) in [7, 11) is 0. The molecule has 0 atom stereocenters. The molecule has 0 radical (unpaired) electrons. The number of rotatable bonds is 7. The smallest absolute Gasteiger partial charge is 0.164 e. The molecule has 63 heavy (non-hydrogen) atoms. The van der Waals surface area contributed by atoms with Gasteiger partial charge in [-0.25, -0.2) is 19.9 Å². The van der Waals surface area contributed by atoms with Gasteiger partial charge >= 0.3 is 0 Å². The van der Waals surface area contributed by atoms with Crippen LogP contribution in [0.5, 0.6) is 0 Å². The topological polar surface area (TPSA) is 51.6 Å². The van der Waals surface area contributed by atoms with Crippen LogP contribution in [0.3, 0.4) is 0 Å². The van der Waals surface area contributed by atoms with E-state index in [1.165, 1.54) is 42.2 Å². The second-order valence-electron chi connectivity index (χ2n) is 15.7. The number of hydrogen-bond acceptors (Lipinski definition) is 5. The molecule has 5 heteroatoms. The van der Waals surface area contributed by atoms with E-state index in [1.807, 2.05) is 41.7 Å². The molecule has 0 fully saturated rings. The van der Waals surface area contributed by atoms with Crippen LogP contribution in [0, 0.1) is 0 Å². The largest absolute Gasteiger partial charge is 0.246 e. The van der Waals surface area contributed by atoms with Crippen molar-refractivity contribution in [1.82, 2.24) is 19.9 Å². The standard InChI is InChI=1S/C58H36N4S/c1-4-15-37(16-5-1)44-22-12-26-49-52(44)50-27-13-23-45(54(50)59-53(49)40-17-6-2-7-18-40)38-29-33-42(34-30-38)57-60-56(41-19-8-3-9-20-41)61-58(62-57)43-35-31-39(32-36-43)46-24-14-25-48-47-21-10-11-28-51(47)63-55(46)48/h1-36H. The third-order valence-electron chi connectivity index (χ3n) is 12.0. The Morgan fingerprint density at radius 1 is 0.270 bits per heavy atom. The lowest BCUT2D eigenvalue weighted by molar-refractivity contribution is 1.07. The van der Waals surface area contributed by atoms with Gasteiger partial charge in [-0.05, 0) is 33.9 Å². The summed E-state index contributed by atoms with van der Waals surface area (Å²) in [5, 5.41) is 6.03. The van der Waals surface area contributed by atoms with Crippen molar-refractivity contribution in [3.63, 3.8) is 0 Å². The minimum atomic E-state index is 0.616. The van der Waals surface area contributed by atoms with E-state index in [4.69, 9.17) is 19.9 Å². The molecule has 3 heterocycles. The third-order valence-corrected chi connectivity index (χ3v) is 13.2. The molecule has 9 aromatic carbocycles. The fraction of sp³-hybridized carbons (Fsp3) is 0. The van der Waals surface area contributed by atoms with Crippen LogP contribution in [0.25, 0.3) is 121 Å². The summed E-state index contributed by atoms with van der Waals surface area (Å²) >= 11 is 1.85. The summed E-state index contributed by atoms with van der Waals surface area (Å²) in [6, 6.07) is 76.8. The third kappa shape index (κ3) is 6.54. The van der Waals surface area contributed by atoms with Gasteiger partial charge in [0.25, 0.3) is 0 Å². The fourth-order valence-corrected chi connectivity index (χ4v) is 10.1. The quantitative estimate of drug-likeness (QED) is 0.150. The van der Waals surface area contributed by atoms with Crippen LogP contribution in [0.15, 0.2) is 218 Å². The Kier molecular flexibility index (Phi) is 8.98. The highest BCUT2D eigenvalue weighted by Crippen LogP contribution is 2.42. The van der Waals surface area contributed by atoms with Gasteiger partial charge in [0.2, 0.25) is 0 Å². The normalized spacial score (nSPS) is 11.5. The highest BCUT2D eigenvalue weighted by Gasteiger charge is 2.19. The number of para-hydroxylation sites is 1. The molecule has 0 aliphatic rings. The number of fused-ring (bicyclic) bond motifs is 6. The van der Waals surface area contributed by atoms with Crippen molar-refractivity contribution in [3.8, 4) is 78.8 Å². The van der Waals surface area contributed by atoms with E-state index in [0.717, 1.165) is 60.9 Å². The van der Waals surface area contributed by atoms with Gasteiger partial charge in [-0.15, -0.1) is 11.3 Å². The highest BCUT2D eigenvalue weighted by atomic mass is 32.1. The van der Waals surface area contributed by atoms with Crippen LogP contribution >= 0.6 is 11.3 Å². The molecule has 0 bridgehead atoms. The van der Waals surface area contributed by atoms with Crippen molar-refractivity contribution < 1.29 is 0 Å². The van der Waals surface area contributed by atoms with E-state index in [0.29, 0.717) is 17.5 Å². The lowest BCUT2D eigenvalue weighted by Gasteiger charge is -2.16. The first-order chi connectivity index (χ1) is 31.2. The molecule has 4 nitrogen and oxygen atoms in total. The lowest BCUT2D eigenvalue weighted by atomic mass is 9.91. The molecular weight excluding hydrogens is 785 g/mol. The summed E-state index contributed by atoms with van der Waals surface area (Å²) in [6.45, 7) is 0. The summed E-state index contributed by atoms with van der Waals surface area (Å²) in [5.41, 5.74) is 12.7. The van der Waals surface area contributed by atoms with Crippen LogP contribution in [-0.4, -0.2) is 19.9 Å². The van der Waals surface area contributed by atoms with Crippen molar-refractivity contribution in [1.29, 1.82) is 0 Å². The minimum absolute atomic E-state index is 0.616. The van der Waals surface area contributed by atoms with Gasteiger partial charge < -0.3 is 0 Å². The van der Waals surface area contributed by atoms with E-state index in [1.54, 1.807) is 0 Å². The first-order valence-electron chi connectivity index (χ1n) is 21.1. The number of thiophene rings is 1. The summed E-state index contributed by atoms with van der Waals surface area (Å²) in [6.07, 6.45) is 0. The maximum absolute atomic E-state index is 5.47. The Labute approximate surface area is 368 Å². The second kappa shape index (κ2) is 15.4. The Hall–Kier alpha value is -8.12. The van der Waals surface area contributed by atoms with Gasteiger partial charge in [-0.3, -0.25) is 0 Å². The molecule has 0 N–H and O–H groups in total. The summed E-state index contributed by atoms with van der Waals surface area (Å²) in [5.74, 6) is 1.87. The van der Waals surface area contributed by atoms with Crippen LogP contribution < -0.4 is 0 Å². The molecule has 0 aliphatic carbocycles. The molecule has 0 saturated heterocycles. The minimum Gasteiger partial charge on any atom is -0.246 e. The van der Waals surface area contributed by atoms with Gasteiger partial charge in [-0.1, -0.05) is 212 Å². The number of hydrogen-bond donors (Lipinski definition) is 0. The van der Waals surface area contributed by atoms with Crippen molar-refractivity contribution >= 4 is 53.2 Å². The Balaban J connectivity index is 0.958. The number of benzene rings is 9. The second-order valence-corrected chi connectivity index (χ2v) is 16.8. The first-order valence-corrected chi connectivity index (χ1v) is 21.9. The van der Waals surface area contributed by atoms with Crippen LogP contribution in [0.2, 0.25) is 0 Å². The number of aromatic nitrogens is 4. The van der Waals surface area contributed by atoms with Crippen molar-refractivity contribution in [2.24, 2.45) is 0 Å². The highest BCUT2D eigenvalue weighted by molar-refractivity contribution is 7.26. The predicted octanol–water partition coefficient (Wildman–Crippen LogP) is 15.6. The van der Waals surface area contributed by atoms with Gasteiger partial charge in [0.15, 0.2) is 17.5 Å². The molecular formula is C58H36N4S. The van der Waals surface area contributed by atoms with Gasteiger partial charge in [-0.2, -0.15) is 0 Å². The van der Waals surface area contributed by atoms with E-state index >= 15 is 0 Å². The van der Waals surface area contributed by atoms with Gasteiger partial charge in [0, 0.05) is 64.1 Å². The Bertz CT molecular complexity index is 3640. The van der Waals surface area contributed by atoms with Crippen LogP contribution in [0.1, 0.15) is 0 Å². The number of pyridine rings is 1. The zero-order valence-electron chi connectivity index (χ0n) is 34.0. The van der Waals surface area contributed by atoms with E-state index in [-0.39, 0.29) is 0 Å². The molecule has 0 spiro atoms. The molecule has 0 aliphatic heterocycles. The molecule has 0 saturated carbocycles. The Morgan fingerprint density at radius 3 is 1.33 bits per heavy atom. The van der Waals surface area contributed by atoms with Crippen molar-refractivity contribution in [3.05, 3.63) is 218 Å². The van der Waals surface area contributed by atoms with Gasteiger partial charge in [0.05, 0.1) is 11.2 Å². The van der Waals surface area contributed by atoms with Crippen molar-refractivity contribution in [2.75, 3.05) is 0 Å². The molecule has 0 unspecified atom stereocenters. The summed E-state index contributed by atoms with van der Waals surface area (Å²) in [4.78, 5) is 20.7. The monoisotopic (exact) mass is 820 g/mol. The van der Waals surface area contributed by atoms with Crippen molar-refractivity contribution in [2.45, 2.75) is 0 Å². The average molecular weight is 821 g/mol. The van der Waals surface area contributed by atoms with Crippen LogP contribution in [-0.2, 0) is 0 Å². The molecule has 294 valence electrons. The Morgan fingerprint density at radius 2 is 0.698 bits per heavy atom. The average Bonchev–Trinajstić information content (AvgIpc) is 3.76. The van der Waals surface area contributed by atoms with Gasteiger partial charge in [0.1, 0.15) is 0 Å².